The molecule has 86 valence electrons. The van der Waals surface area contributed by atoms with Crippen molar-refractivity contribution in [3.8, 4) is 0 Å². The first kappa shape index (κ1) is 11.1. The summed E-state index contributed by atoms with van der Waals surface area (Å²) in [5.41, 5.74) is 0.0182. The first-order valence-electron chi connectivity index (χ1n) is 6.51. The van der Waals surface area contributed by atoms with E-state index in [1.807, 2.05) is 0 Å². The minimum Gasteiger partial charge on any atom is -0.316 e. The molecule has 1 aliphatic heterocycles. The van der Waals surface area contributed by atoms with Gasteiger partial charge in [-0.1, -0.05) is 32.6 Å². The first-order chi connectivity index (χ1) is 7.27. The summed E-state index contributed by atoms with van der Waals surface area (Å²) in [5.74, 6) is 1.28. The Labute approximate surface area is 92.8 Å². The van der Waals surface area contributed by atoms with Crippen LogP contribution in [0.15, 0.2) is 0 Å². The molecule has 1 saturated heterocycles. The number of carbonyl (C=O) groups excluding carboxylic acids is 1. The highest BCUT2D eigenvalue weighted by Crippen LogP contribution is 2.38. The van der Waals surface area contributed by atoms with Gasteiger partial charge in [-0.2, -0.15) is 0 Å². The van der Waals surface area contributed by atoms with Gasteiger partial charge in [-0.15, -0.1) is 0 Å². The van der Waals surface area contributed by atoms with Gasteiger partial charge in [0.2, 0.25) is 0 Å². The number of ketones is 1. The first-order valence-corrected chi connectivity index (χ1v) is 6.51. The lowest BCUT2D eigenvalue weighted by atomic mass is 9.72. The summed E-state index contributed by atoms with van der Waals surface area (Å²) in [5, 5.41) is 3.37. The zero-order valence-electron chi connectivity index (χ0n) is 9.85. The van der Waals surface area contributed by atoms with Crippen molar-refractivity contribution in [2.45, 2.75) is 51.9 Å². The van der Waals surface area contributed by atoms with E-state index in [0.717, 1.165) is 44.7 Å². The van der Waals surface area contributed by atoms with Crippen LogP contribution in [0.5, 0.6) is 0 Å². The molecular weight excluding hydrogens is 186 g/mol. The van der Waals surface area contributed by atoms with E-state index in [9.17, 15) is 4.79 Å². The Hall–Kier alpha value is -0.370. The molecule has 0 bridgehead atoms. The Kier molecular flexibility index (Phi) is 3.45. The van der Waals surface area contributed by atoms with Crippen LogP contribution in [-0.4, -0.2) is 18.9 Å². The van der Waals surface area contributed by atoms with Crippen LogP contribution in [0.3, 0.4) is 0 Å². The van der Waals surface area contributed by atoms with Gasteiger partial charge in [0.15, 0.2) is 0 Å². The van der Waals surface area contributed by atoms with Crippen LogP contribution in [0.1, 0.15) is 51.9 Å². The van der Waals surface area contributed by atoms with E-state index in [-0.39, 0.29) is 5.41 Å². The molecular formula is C13H23NO. The molecule has 1 aliphatic carbocycles. The van der Waals surface area contributed by atoms with E-state index in [1.165, 1.54) is 19.3 Å². The lowest BCUT2D eigenvalue weighted by molar-refractivity contribution is -0.129. The summed E-state index contributed by atoms with van der Waals surface area (Å²) in [6.45, 7) is 4.17. The average molecular weight is 209 g/mol. The van der Waals surface area contributed by atoms with Gasteiger partial charge in [-0.3, -0.25) is 4.79 Å². The van der Waals surface area contributed by atoms with Crippen molar-refractivity contribution >= 4 is 5.78 Å². The summed E-state index contributed by atoms with van der Waals surface area (Å²) in [6, 6.07) is 0. The molecule has 0 aromatic heterocycles. The van der Waals surface area contributed by atoms with Crippen LogP contribution in [0.2, 0.25) is 0 Å². The van der Waals surface area contributed by atoms with E-state index >= 15 is 0 Å². The van der Waals surface area contributed by atoms with Crippen molar-refractivity contribution in [2.24, 2.45) is 11.3 Å². The predicted octanol–water partition coefficient (Wildman–Crippen LogP) is 2.53. The minimum absolute atomic E-state index is 0.0182. The Morgan fingerprint density at radius 2 is 2.27 bits per heavy atom. The van der Waals surface area contributed by atoms with Gasteiger partial charge in [0.05, 0.1) is 0 Å². The van der Waals surface area contributed by atoms with Gasteiger partial charge in [0.1, 0.15) is 5.78 Å². The second-order valence-electron chi connectivity index (χ2n) is 5.38. The lowest BCUT2D eigenvalue weighted by Gasteiger charge is -2.31. The fraction of sp³-hybridized carbons (Fsp3) is 0.923. The van der Waals surface area contributed by atoms with Gasteiger partial charge in [0, 0.05) is 18.4 Å². The fourth-order valence-corrected chi connectivity index (χ4v) is 2.99. The zero-order valence-corrected chi connectivity index (χ0v) is 9.85. The summed E-state index contributed by atoms with van der Waals surface area (Å²) in [6.07, 6.45) is 8.09. The predicted molar refractivity (Wildman–Crippen MR) is 61.8 cm³/mol. The van der Waals surface area contributed by atoms with E-state index in [1.54, 1.807) is 0 Å². The molecule has 0 aromatic carbocycles. The van der Waals surface area contributed by atoms with Gasteiger partial charge in [0.25, 0.3) is 0 Å². The van der Waals surface area contributed by atoms with Crippen molar-refractivity contribution in [1.29, 1.82) is 0 Å². The maximum atomic E-state index is 12.3. The van der Waals surface area contributed by atoms with Crippen molar-refractivity contribution in [1.82, 2.24) is 5.32 Å². The molecule has 15 heavy (non-hydrogen) atoms. The van der Waals surface area contributed by atoms with Crippen molar-refractivity contribution in [3.05, 3.63) is 0 Å². The van der Waals surface area contributed by atoms with Gasteiger partial charge >= 0.3 is 0 Å². The molecule has 2 nitrogen and oxygen atoms in total. The Morgan fingerprint density at radius 3 is 2.73 bits per heavy atom. The molecule has 0 amide bonds. The summed E-state index contributed by atoms with van der Waals surface area (Å²) < 4.78 is 0. The highest BCUT2D eigenvalue weighted by molar-refractivity contribution is 5.85. The van der Waals surface area contributed by atoms with E-state index < -0.39 is 0 Å². The maximum absolute atomic E-state index is 12.3. The molecule has 2 rings (SSSR count). The van der Waals surface area contributed by atoms with Crippen LogP contribution in [0, 0.1) is 11.3 Å². The lowest BCUT2D eigenvalue weighted by Crippen LogP contribution is -2.35. The third kappa shape index (κ3) is 2.25. The highest BCUT2D eigenvalue weighted by atomic mass is 16.1. The van der Waals surface area contributed by atoms with Gasteiger partial charge in [-0.05, 0) is 25.3 Å². The largest absolute Gasteiger partial charge is 0.316 e. The molecule has 1 saturated carbocycles. The fourth-order valence-electron chi connectivity index (χ4n) is 2.99. The molecule has 2 heteroatoms. The van der Waals surface area contributed by atoms with Gasteiger partial charge < -0.3 is 5.32 Å². The summed E-state index contributed by atoms with van der Waals surface area (Å²) >= 11 is 0. The molecule has 1 N–H and O–H groups in total. The minimum atomic E-state index is 0.0182. The van der Waals surface area contributed by atoms with Crippen molar-refractivity contribution < 1.29 is 4.79 Å². The quantitative estimate of drug-likeness (QED) is 0.754. The average Bonchev–Trinajstić information content (AvgIpc) is 2.61. The maximum Gasteiger partial charge on any atom is 0.140 e. The number of carbonyl (C=O) groups is 1. The normalized spacial score (nSPS) is 31.5. The monoisotopic (exact) mass is 209 g/mol. The zero-order chi connectivity index (χ0) is 10.7. The molecule has 1 atom stereocenters. The van der Waals surface area contributed by atoms with Crippen molar-refractivity contribution in [2.75, 3.05) is 13.1 Å². The van der Waals surface area contributed by atoms with E-state index in [0.29, 0.717) is 5.78 Å². The Bertz CT molecular complexity index is 227. The Balaban J connectivity index is 1.93. The van der Waals surface area contributed by atoms with Crippen LogP contribution in [0.25, 0.3) is 0 Å². The molecule has 2 aliphatic rings. The molecule has 2 fully saturated rings. The summed E-state index contributed by atoms with van der Waals surface area (Å²) in [7, 11) is 0. The number of hydrogen-bond acceptors (Lipinski definition) is 2. The number of Topliss-reactive ketones (excluding diaryl/α,β-unsaturated/α-hetero) is 1. The Morgan fingerprint density at radius 1 is 1.47 bits per heavy atom. The van der Waals surface area contributed by atoms with Gasteiger partial charge in [-0.25, -0.2) is 0 Å². The molecule has 0 aromatic rings. The smallest absolute Gasteiger partial charge is 0.140 e. The van der Waals surface area contributed by atoms with Crippen LogP contribution in [-0.2, 0) is 4.79 Å². The molecule has 0 spiro atoms. The van der Waals surface area contributed by atoms with Crippen LogP contribution < -0.4 is 5.32 Å². The van der Waals surface area contributed by atoms with Crippen LogP contribution >= 0.6 is 0 Å². The summed E-state index contributed by atoms with van der Waals surface area (Å²) in [4.78, 5) is 12.3. The van der Waals surface area contributed by atoms with Crippen molar-refractivity contribution in [3.63, 3.8) is 0 Å². The molecule has 0 radical (unpaired) electrons. The molecule has 1 unspecified atom stereocenters. The highest BCUT2D eigenvalue weighted by Gasteiger charge is 2.40. The number of rotatable bonds is 5. The standard InChI is InChI=1S/C13H23NO/c1-2-6-13(7-8-14-10-13)12(15)9-11-4-3-5-11/h11,14H,2-10H2,1H3. The molecule has 1 heterocycles. The second kappa shape index (κ2) is 4.65. The third-order valence-corrected chi connectivity index (χ3v) is 4.26. The third-order valence-electron chi connectivity index (χ3n) is 4.26. The SMILES string of the molecule is CCCC1(C(=O)CC2CCC2)CCNC1. The topological polar surface area (TPSA) is 29.1 Å². The van der Waals surface area contributed by atoms with E-state index in [4.69, 9.17) is 0 Å². The number of nitrogens with one attached hydrogen (secondary N) is 1. The van der Waals surface area contributed by atoms with Crippen LogP contribution in [0.4, 0.5) is 0 Å². The number of hydrogen-bond donors (Lipinski definition) is 1. The van der Waals surface area contributed by atoms with E-state index in [2.05, 4.69) is 12.2 Å². The second-order valence-corrected chi connectivity index (χ2v) is 5.38.